The van der Waals surface area contributed by atoms with Gasteiger partial charge in [0.1, 0.15) is 11.5 Å². The van der Waals surface area contributed by atoms with Crippen LogP contribution in [-0.4, -0.2) is 41.2 Å². The van der Waals surface area contributed by atoms with Crippen LogP contribution in [0.25, 0.3) is 22.5 Å². The highest BCUT2D eigenvalue weighted by molar-refractivity contribution is 7.99. The quantitative estimate of drug-likeness (QED) is 0.609. The highest BCUT2D eigenvalue weighted by Crippen LogP contribution is 2.34. The Balaban J connectivity index is 2.01. The number of thioether (sulfide) groups is 1. The van der Waals surface area contributed by atoms with Gasteiger partial charge in [0, 0.05) is 16.9 Å². The summed E-state index contributed by atoms with van der Waals surface area (Å²) in [4.78, 5) is 8.14. The van der Waals surface area contributed by atoms with Crippen molar-refractivity contribution in [1.29, 1.82) is 0 Å². The van der Waals surface area contributed by atoms with Gasteiger partial charge in [-0.3, -0.25) is 0 Å². The number of aromatic amines is 1. The molecule has 0 spiro atoms. The zero-order valence-corrected chi connectivity index (χ0v) is 15.8. The smallest absolute Gasteiger partial charge is 0.166 e. The lowest BCUT2D eigenvalue weighted by Gasteiger charge is -2.06. The number of ether oxygens (including phenoxy) is 2. The van der Waals surface area contributed by atoms with E-state index in [9.17, 15) is 5.11 Å². The minimum absolute atomic E-state index is 0.390. The zero-order chi connectivity index (χ0) is 18.5. The average Bonchev–Trinajstić information content (AvgIpc) is 3.11. The summed E-state index contributed by atoms with van der Waals surface area (Å²) in [5, 5.41) is 10.3. The molecule has 0 saturated carbocycles. The first-order valence-electron chi connectivity index (χ1n) is 8.30. The summed E-state index contributed by atoms with van der Waals surface area (Å²) in [6.45, 7) is 1.77. The van der Waals surface area contributed by atoms with Gasteiger partial charge in [-0.2, -0.15) is 0 Å². The third-order valence-electron chi connectivity index (χ3n) is 3.89. The van der Waals surface area contributed by atoms with Crippen molar-refractivity contribution < 1.29 is 14.6 Å². The molecule has 2 aromatic carbocycles. The van der Waals surface area contributed by atoms with Crippen molar-refractivity contribution >= 4 is 11.8 Å². The molecule has 0 amide bonds. The van der Waals surface area contributed by atoms with E-state index in [2.05, 4.69) is 4.98 Å². The van der Waals surface area contributed by atoms with Crippen LogP contribution in [0, 0.1) is 0 Å². The number of aliphatic hydroxyl groups is 1. The van der Waals surface area contributed by atoms with Gasteiger partial charge in [-0.25, -0.2) is 4.98 Å². The number of imidazole rings is 1. The largest absolute Gasteiger partial charge is 0.497 e. The minimum Gasteiger partial charge on any atom is -0.497 e. The molecule has 26 heavy (non-hydrogen) atoms. The van der Waals surface area contributed by atoms with Gasteiger partial charge in [0.05, 0.1) is 31.7 Å². The van der Waals surface area contributed by atoms with E-state index in [0.717, 1.165) is 39.2 Å². The lowest BCUT2D eigenvalue weighted by molar-refractivity contribution is 0.220. The van der Waals surface area contributed by atoms with Crippen molar-refractivity contribution in [2.24, 2.45) is 0 Å². The summed E-state index contributed by atoms with van der Waals surface area (Å²) in [6.07, 6.45) is -0.390. The predicted molar refractivity (Wildman–Crippen MR) is 105 cm³/mol. The molecule has 0 aliphatic carbocycles. The molecule has 1 atom stereocenters. The van der Waals surface area contributed by atoms with E-state index in [4.69, 9.17) is 14.5 Å². The fraction of sp³-hybridized carbons (Fsp3) is 0.250. The van der Waals surface area contributed by atoms with Crippen LogP contribution >= 0.6 is 11.8 Å². The van der Waals surface area contributed by atoms with E-state index in [1.165, 1.54) is 11.8 Å². The minimum atomic E-state index is -0.390. The number of nitrogens with one attached hydrogen (secondary N) is 1. The van der Waals surface area contributed by atoms with E-state index in [1.54, 1.807) is 21.1 Å². The molecule has 5 nitrogen and oxygen atoms in total. The molecule has 0 saturated heterocycles. The third-order valence-corrected chi connectivity index (χ3v) is 5.00. The van der Waals surface area contributed by atoms with Gasteiger partial charge in [-0.05, 0) is 55.5 Å². The molecule has 1 aromatic heterocycles. The standard InChI is InChI=1S/C20H22N2O3S/c1-13(23)12-26-20-21-18(14-4-8-16(24-2)9-5-14)19(22-20)15-6-10-17(25-3)11-7-15/h4-11,13,23H,12H2,1-3H3,(H,21,22). The Labute approximate surface area is 157 Å². The number of hydrogen-bond acceptors (Lipinski definition) is 5. The van der Waals surface area contributed by atoms with Crippen molar-refractivity contribution in [3.05, 3.63) is 48.5 Å². The summed E-state index contributed by atoms with van der Waals surface area (Å²) in [7, 11) is 3.30. The Bertz CT molecular complexity index is 777. The summed E-state index contributed by atoms with van der Waals surface area (Å²) >= 11 is 1.50. The molecular weight excluding hydrogens is 348 g/mol. The molecule has 136 valence electrons. The van der Waals surface area contributed by atoms with Gasteiger partial charge < -0.3 is 19.6 Å². The van der Waals surface area contributed by atoms with Crippen molar-refractivity contribution in [3.8, 4) is 34.0 Å². The molecule has 0 aliphatic rings. The average molecular weight is 370 g/mol. The summed E-state index contributed by atoms with van der Waals surface area (Å²) in [5.41, 5.74) is 3.82. The van der Waals surface area contributed by atoms with Crippen LogP contribution in [0.1, 0.15) is 6.92 Å². The van der Waals surface area contributed by atoms with Crippen LogP contribution in [0.3, 0.4) is 0 Å². The predicted octanol–water partition coefficient (Wildman–Crippen LogP) is 4.23. The number of rotatable bonds is 7. The van der Waals surface area contributed by atoms with Crippen LogP contribution in [0.2, 0.25) is 0 Å². The van der Waals surface area contributed by atoms with Gasteiger partial charge >= 0.3 is 0 Å². The second-order valence-corrected chi connectivity index (χ2v) is 6.89. The summed E-state index contributed by atoms with van der Waals surface area (Å²) in [6, 6.07) is 15.7. The maximum absolute atomic E-state index is 9.55. The first kappa shape index (κ1) is 18.4. The Morgan fingerprint density at radius 1 is 0.962 bits per heavy atom. The molecule has 0 aliphatic heterocycles. The van der Waals surface area contributed by atoms with Crippen LogP contribution in [0.4, 0.5) is 0 Å². The van der Waals surface area contributed by atoms with Crippen LogP contribution in [-0.2, 0) is 0 Å². The highest BCUT2D eigenvalue weighted by Gasteiger charge is 2.15. The fourth-order valence-corrected chi connectivity index (χ4v) is 3.27. The normalized spacial score (nSPS) is 12.0. The maximum Gasteiger partial charge on any atom is 0.166 e. The first-order chi connectivity index (χ1) is 12.6. The lowest BCUT2D eigenvalue weighted by atomic mass is 10.0. The maximum atomic E-state index is 9.55. The Hall–Kier alpha value is -2.44. The monoisotopic (exact) mass is 370 g/mol. The van der Waals surface area contributed by atoms with E-state index in [1.807, 2.05) is 48.5 Å². The summed E-state index contributed by atoms with van der Waals surface area (Å²) < 4.78 is 10.5. The van der Waals surface area contributed by atoms with Gasteiger partial charge in [-0.1, -0.05) is 11.8 Å². The molecule has 0 radical (unpaired) electrons. The van der Waals surface area contributed by atoms with Crippen molar-refractivity contribution in [3.63, 3.8) is 0 Å². The second-order valence-electron chi connectivity index (χ2n) is 5.88. The molecule has 1 unspecified atom stereocenters. The number of hydrogen-bond donors (Lipinski definition) is 2. The number of methoxy groups -OCH3 is 2. The lowest BCUT2D eigenvalue weighted by Crippen LogP contribution is -2.02. The SMILES string of the molecule is COc1ccc(-c2nc(SCC(C)O)[nH]c2-c2ccc(OC)cc2)cc1. The molecule has 1 heterocycles. The van der Waals surface area contributed by atoms with Gasteiger partial charge in [-0.15, -0.1) is 0 Å². The molecule has 6 heteroatoms. The third kappa shape index (κ3) is 4.20. The Morgan fingerprint density at radius 3 is 2.00 bits per heavy atom. The van der Waals surface area contributed by atoms with Crippen molar-refractivity contribution in [2.75, 3.05) is 20.0 Å². The number of H-pyrrole nitrogens is 1. The van der Waals surface area contributed by atoms with E-state index < -0.39 is 0 Å². The Morgan fingerprint density at radius 2 is 1.50 bits per heavy atom. The second kappa shape index (κ2) is 8.29. The van der Waals surface area contributed by atoms with Crippen LogP contribution in [0.5, 0.6) is 11.5 Å². The van der Waals surface area contributed by atoms with Gasteiger partial charge in [0.2, 0.25) is 0 Å². The fourth-order valence-electron chi connectivity index (χ4n) is 2.54. The number of nitrogens with zero attached hydrogens (tertiary/aromatic N) is 1. The van der Waals surface area contributed by atoms with Crippen molar-refractivity contribution in [1.82, 2.24) is 9.97 Å². The van der Waals surface area contributed by atoms with Crippen molar-refractivity contribution in [2.45, 2.75) is 18.2 Å². The number of benzene rings is 2. The van der Waals surface area contributed by atoms with E-state index >= 15 is 0 Å². The van der Waals surface area contributed by atoms with Gasteiger partial charge in [0.15, 0.2) is 5.16 Å². The van der Waals surface area contributed by atoms with E-state index in [0.29, 0.717) is 5.75 Å². The number of aromatic nitrogens is 2. The molecule has 3 aromatic rings. The van der Waals surface area contributed by atoms with Gasteiger partial charge in [0.25, 0.3) is 0 Å². The molecule has 0 fully saturated rings. The topological polar surface area (TPSA) is 67.4 Å². The Kier molecular flexibility index (Phi) is 5.85. The summed E-state index contributed by atoms with van der Waals surface area (Å²) in [5.74, 6) is 2.19. The van der Waals surface area contributed by atoms with Crippen LogP contribution in [0.15, 0.2) is 53.7 Å². The molecule has 3 rings (SSSR count). The highest BCUT2D eigenvalue weighted by atomic mass is 32.2. The molecule has 0 bridgehead atoms. The zero-order valence-electron chi connectivity index (χ0n) is 15.0. The van der Waals surface area contributed by atoms with Crippen LogP contribution < -0.4 is 9.47 Å². The van der Waals surface area contributed by atoms with E-state index in [-0.39, 0.29) is 6.10 Å². The first-order valence-corrected chi connectivity index (χ1v) is 9.29. The molecule has 2 N–H and O–H groups in total. The number of aliphatic hydroxyl groups excluding tert-OH is 1. The molecular formula is C20H22N2O3S.